The number of halogens is 4. The number of carbonyl (C=O) groups excluding carboxylic acids is 1. The number of rotatable bonds is 2. The zero-order valence-electron chi connectivity index (χ0n) is 17.7. The third kappa shape index (κ3) is 4.09. The second kappa shape index (κ2) is 8.29. The van der Waals surface area contributed by atoms with Gasteiger partial charge in [-0.05, 0) is 27.0 Å². The quantitative estimate of drug-likeness (QED) is 0.354. The summed E-state index contributed by atoms with van der Waals surface area (Å²) in [4.78, 5) is 28.0. The summed E-state index contributed by atoms with van der Waals surface area (Å²) in [5, 5.41) is -0.223. The zero-order chi connectivity index (χ0) is 23.4. The lowest BCUT2D eigenvalue weighted by Gasteiger charge is -2.43. The van der Waals surface area contributed by atoms with Crippen LogP contribution in [0.3, 0.4) is 0 Å². The molecule has 1 amide bonds. The monoisotopic (exact) mass is 491 g/mol. The minimum atomic E-state index is -2.93. The van der Waals surface area contributed by atoms with Crippen LogP contribution in [0.25, 0.3) is 10.9 Å². The van der Waals surface area contributed by atoms with Crippen molar-refractivity contribution in [1.29, 1.82) is 0 Å². The lowest BCUT2D eigenvalue weighted by atomic mass is 10.1. The molecular formula is C19H21ClF3N5O3S. The number of anilines is 1. The summed E-state index contributed by atoms with van der Waals surface area (Å²) >= 11 is 7.07. The van der Waals surface area contributed by atoms with Crippen molar-refractivity contribution in [1.82, 2.24) is 19.9 Å². The summed E-state index contributed by atoms with van der Waals surface area (Å²) in [5.74, 6) is -0.931. The summed E-state index contributed by atoms with van der Waals surface area (Å²) in [7, 11) is 0. The first-order valence-corrected chi connectivity index (χ1v) is 11.4. The van der Waals surface area contributed by atoms with Crippen molar-refractivity contribution >= 4 is 46.2 Å². The highest BCUT2D eigenvalue weighted by Crippen LogP contribution is 2.41. The molecule has 174 valence electrons. The van der Waals surface area contributed by atoms with Crippen molar-refractivity contribution in [3.8, 4) is 5.88 Å². The molecule has 1 unspecified atom stereocenters. The van der Waals surface area contributed by atoms with E-state index >= 15 is 0 Å². The summed E-state index contributed by atoms with van der Waals surface area (Å²) in [5.41, 5.74) is -0.894. The van der Waals surface area contributed by atoms with Crippen LogP contribution in [-0.2, 0) is 4.74 Å². The molecule has 0 N–H and O–H groups in total. The van der Waals surface area contributed by atoms with E-state index in [-0.39, 0.29) is 47.4 Å². The third-order valence-corrected chi connectivity index (χ3v) is 5.87. The minimum Gasteiger partial charge on any atom is -0.465 e. The summed E-state index contributed by atoms with van der Waals surface area (Å²) in [6.45, 7) is 5.41. The molecule has 0 radical (unpaired) electrons. The van der Waals surface area contributed by atoms with E-state index in [1.165, 1.54) is 16.7 Å². The summed E-state index contributed by atoms with van der Waals surface area (Å²) in [6.07, 6.45) is -3.51. The van der Waals surface area contributed by atoms with Crippen LogP contribution in [0.5, 0.6) is 5.88 Å². The standard InChI is InChI=1S/C19H21ClF3N5O3S/c1-19(2,3)31-18(29)27-5-6-28-8(7-27)12(14(22)23)30-16-9-11(10(21)13(20)25-16)24-17(32-4)26-15(9)28/h8,12,14H,5-7H2,1-4H3/t8?,12-/m1/s1. The van der Waals surface area contributed by atoms with Crippen LogP contribution in [0.1, 0.15) is 20.8 Å². The predicted molar refractivity (Wildman–Crippen MR) is 113 cm³/mol. The molecule has 8 nitrogen and oxygen atoms in total. The molecule has 4 heterocycles. The number of thioether (sulfide) groups is 1. The highest BCUT2D eigenvalue weighted by molar-refractivity contribution is 7.98. The topological polar surface area (TPSA) is 80.7 Å². The van der Waals surface area contributed by atoms with E-state index in [1.54, 1.807) is 31.9 Å². The van der Waals surface area contributed by atoms with Crippen LogP contribution in [0, 0.1) is 5.82 Å². The van der Waals surface area contributed by atoms with Crippen molar-refractivity contribution in [2.75, 3.05) is 30.8 Å². The SMILES string of the molecule is CSc1nc2c3c(nc(Cl)c(F)c3n1)O[C@@H](C(F)F)C1CN(C(=O)OC(C)(C)C)CCN21. The van der Waals surface area contributed by atoms with E-state index in [1.807, 2.05) is 0 Å². The maximum Gasteiger partial charge on any atom is 0.410 e. The number of amides is 1. The van der Waals surface area contributed by atoms with Gasteiger partial charge in [0.1, 0.15) is 22.3 Å². The van der Waals surface area contributed by atoms with E-state index in [9.17, 15) is 18.0 Å². The minimum absolute atomic E-state index is 0.0727. The Hall–Kier alpha value is -2.21. The van der Waals surface area contributed by atoms with E-state index < -0.39 is 41.2 Å². The number of piperazine rings is 1. The average molecular weight is 492 g/mol. The maximum absolute atomic E-state index is 14.8. The van der Waals surface area contributed by atoms with E-state index in [2.05, 4.69) is 15.0 Å². The Bertz CT molecular complexity index is 1070. The fourth-order valence-electron chi connectivity index (χ4n) is 3.73. The first-order valence-electron chi connectivity index (χ1n) is 9.80. The first kappa shape index (κ1) is 23.0. The van der Waals surface area contributed by atoms with Gasteiger partial charge in [0.2, 0.25) is 5.88 Å². The zero-order valence-corrected chi connectivity index (χ0v) is 19.3. The van der Waals surface area contributed by atoms with Crippen LogP contribution >= 0.6 is 23.4 Å². The van der Waals surface area contributed by atoms with Gasteiger partial charge in [-0.25, -0.2) is 27.9 Å². The number of ether oxygens (including phenoxy) is 2. The molecule has 0 saturated carbocycles. The predicted octanol–water partition coefficient (Wildman–Crippen LogP) is 3.99. The number of aromatic nitrogens is 3. The molecule has 13 heteroatoms. The molecule has 2 aliphatic heterocycles. The summed E-state index contributed by atoms with van der Waals surface area (Å²) < 4.78 is 54.1. The Labute approximate surface area is 191 Å². The third-order valence-electron chi connectivity index (χ3n) is 5.07. The molecular weight excluding hydrogens is 471 g/mol. The number of fused-ring (bicyclic) bond motifs is 2. The van der Waals surface area contributed by atoms with Gasteiger partial charge in [-0.2, -0.15) is 4.98 Å². The number of alkyl halides is 2. The Kier molecular flexibility index (Phi) is 5.95. The van der Waals surface area contributed by atoms with Gasteiger partial charge < -0.3 is 19.3 Å². The largest absolute Gasteiger partial charge is 0.465 e. The Morgan fingerprint density at radius 2 is 2.00 bits per heavy atom. The molecule has 2 aromatic rings. The highest BCUT2D eigenvalue weighted by atomic mass is 35.5. The van der Waals surface area contributed by atoms with Gasteiger partial charge in [0.25, 0.3) is 6.43 Å². The number of carbonyl (C=O) groups is 1. The van der Waals surface area contributed by atoms with Crippen molar-refractivity contribution in [3.63, 3.8) is 0 Å². The van der Waals surface area contributed by atoms with E-state index in [0.717, 1.165) is 0 Å². The van der Waals surface area contributed by atoms with Crippen molar-refractivity contribution in [2.24, 2.45) is 0 Å². The molecule has 2 aromatic heterocycles. The fraction of sp³-hybridized carbons (Fsp3) is 0.579. The Morgan fingerprint density at radius 1 is 1.28 bits per heavy atom. The first-order chi connectivity index (χ1) is 15.0. The van der Waals surface area contributed by atoms with Gasteiger partial charge in [0.15, 0.2) is 22.2 Å². The van der Waals surface area contributed by atoms with Gasteiger partial charge >= 0.3 is 6.09 Å². The van der Waals surface area contributed by atoms with Gasteiger partial charge in [-0.15, -0.1) is 0 Å². The number of pyridine rings is 1. The number of hydrogen-bond acceptors (Lipinski definition) is 8. The van der Waals surface area contributed by atoms with Crippen LogP contribution in [-0.4, -0.2) is 76.0 Å². The molecule has 0 bridgehead atoms. The molecule has 1 fully saturated rings. The molecule has 0 aliphatic carbocycles. The van der Waals surface area contributed by atoms with Gasteiger partial charge in [0, 0.05) is 19.6 Å². The lowest BCUT2D eigenvalue weighted by Crippen LogP contribution is -2.61. The van der Waals surface area contributed by atoms with E-state index in [4.69, 9.17) is 21.1 Å². The van der Waals surface area contributed by atoms with Crippen LogP contribution in [0.2, 0.25) is 5.15 Å². The Balaban J connectivity index is 1.83. The Morgan fingerprint density at radius 3 is 2.62 bits per heavy atom. The average Bonchev–Trinajstić information content (AvgIpc) is 2.85. The molecule has 4 rings (SSSR count). The maximum atomic E-state index is 14.8. The van der Waals surface area contributed by atoms with Gasteiger partial charge in [-0.3, -0.25) is 0 Å². The van der Waals surface area contributed by atoms with Gasteiger partial charge in [-0.1, -0.05) is 23.4 Å². The van der Waals surface area contributed by atoms with E-state index in [0.29, 0.717) is 0 Å². The van der Waals surface area contributed by atoms with Crippen LogP contribution in [0.15, 0.2) is 5.16 Å². The van der Waals surface area contributed by atoms with Gasteiger partial charge in [0.05, 0.1) is 6.04 Å². The molecule has 0 aromatic carbocycles. The fourth-order valence-corrected chi connectivity index (χ4v) is 4.26. The summed E-state index contributed by atoms with van der Waals surface area (Å²) in [6, 6.07) is -0.986. The van der Waals surface area contributed by atoms with Crippen molar-refractivity contribution < 1.29 is 27.4 Å². The molecule has 2 aliphatic rings. The van der Waals surface area contributed by atoms with Crippen molar-refractivity contribution in [3.05, 3.63) is 11.0 Å². The number of hydrogen-bond donors (Lipinski definition) is 0. The molecule has 0 spiro atoms. The molecule has 32 heavy (non-hydrogen) atoms. The van der Waals surface area contributed by atoms with Crippen LogP contribution in [0.4, 0.5) is 23.8 Å². The van der Waals surface area contributed by atoms with Crippen molar-refractivity contribution in [2.45, 2.75) is 50.1 Å². The lowest BCUT2D eigenvalue weighted by molar-refractivity contribution is -0.0216. The molecule has 2 atom stereocenters. The second-order valence-electron chi connectivity index (χ2n) is 8.38. The normalized spacial score (nSPS) is 20.8. The van der Waals surface area contributed by atoms with Crippen LogP contribution < -0.4 is 9.64 Å². The number of nitrogens with zero attached hydrogens (tertiary/aromatic N) is 5. The smallest absolute Gasteiger partial charge is 0.410 e. The second-order valence-corrected chi connectivity index (χ2v) is 9.51. The molecule has 1 saturated heterocycles. The highest BCUT2D eigenvalue weighted by Gasteiger charge is 2.46.